The van der Waals surface area contributed by atoms with Gasteiger partial charge in [-0.15, -0.1) is 0 Å². The third-order valence-corrected chi connectivity index (χ3v) is 3.31. The number of carbonyl (C=O) groups is 2. The summed E-state index contributed by atoms with van der Waals surface area (Å²) in [5, 5.41) is 21.3. The van der Waals surface area contributed by atoms with Gasteiger partial charge in [0, 0.05) is 6.08 Å². The maximum absolute atomic E-state index is 12.1. The van der Waals surface area contributed by atoms with Crippen molar-refractivity contribution in [2.45, 2.75) is 13.0 Å². The van der Waals surface area contributed by atoms with E-state index >= 15 is 0 Å². The Morgan fingerprint density at radius 3 is 2.68 bits per heavy atom. The molecular weight excluding hydrogens is 288 g/mol. The third-order valence-electron chi connectivity index (χ3n) is 3.31. The molecule has 0 bridgehead atoms. The molecule has 0 aliphatic carbocycles. The van der Waals surface area contributed by atoms with Crippen LogP contribution in [-0.2, 0) is 9.59 Å². The first-order chi connectivity index (χ1) is 10.5. The number of nitrogens with one attached hydrogen (secondary N) is 1. The minimum Gasteiger partial charge on any atom is -0.495 e. The maximum atomic E-state index is 12.1. The molecule has 0 spiro atoms. The van der Waals surface area contributed by atoms with E-state index in [1.165, 1.54) is 13.2 Å². The number of methoxy groups -OCH3 is 1. The summed E-state index contributed by atoms with van der Waals surface area (Å²) in [5.74, 6) is -0.526. The van der Waals surface area contributed by atoms with Crippen molar-refractivity contribution in [3.63, 3.8) is 0 Å². The van der Waals surface area contributed by atoms with Crippen LogP contribution in [0.25, 0.3) is 0 Å². The fraction of sp³-hybridized carbons (Fsp3) is 0.333. The van der Waals surface area contributed by atoms with E-state index in [4.69, 9.17) is 9.84 Å². The number of rotatable bonds is 6. The molecule has 1 unspecified atom stereocenters. The summed E-state index contributed by atoms with van der Waals surface area (Å²) in [7, 11) is 1.47. The summed E-state index contributed by atoms with van der Waals surface area (Å²) in [6, 6.07) is 5.01. The van der Waals surface area contributed by atoms with Crippen molar-refractivity contribution in [1.29, 1.82) is 0 Å². The number of anilines is 1. The van der Waals surface area contributed by atoms with E-state index in [1.54, 1.807) is 25.1 Å². The molecule has 3 N–H and O–H groups in total. The number of β-amino-alcohol motifs (C(OH)–C–C–N with tert-alkyl or cyclic N) is 1. The fourth-order valence-electron chi connectivity index (χ4n) is 2.13. The highest BCUT2D eigenvalue weighted by atomic mass is 16.5. The van der Waals surface area contributed by atoms with Crippen molar-refractivity contribution < 1.29 is 24.5 Å². The number of hydrogen-bond donors (Lipinski definition) is 3. The highest BCUT2D eigenvalue weighted by Gasteiger charge is 2.31. The number of hydrogen-bond acceptors (Lipinski definition) is 6. The van der Waals surface area contributed by atoms with Crippen molar-refractivity contribution in [3.05, 3.63) is 35.5 Å². The first-order valence-corrected chi connectivity index (χ1v) is 6.79. The minimum absolute atomic E-state index is 0.0442. The molecule has 22 heavy (non-hydrogen) atoms. The predicted molar refractivity (Wildman–Crippen MR) is 79.1 cm³/mol. The summed E-state index contributed by atoms with van der Waals surface area (Å²) < 4.78 is 5.23. The predicted octanol–water partition coefficient (Wildman–Crippen LogP) is 0.405. The molecule has 0 aromatic heterocycles. The first-order valence-electron chi connectivity index (χ1n) is 6.79. The number of ether oxygens (including phenoxy) is 1. The third kappa shape index (κ3) is 3.10. The number of nitrogens with zero attached hydrogens (tertiary/aromatic N) is 1. The quantitative estimate of drug-likeness (QED) is 0.658. The van der Waals surface area contributed by atoms with Crippen molar-refractivity contribution >= 4 is 17.5 Å². The van der Waals surface area contributed by atoms with Crippen LogP contribution in [0.2, 0.25) is 0 Å². The van der Waals surface area contributed by atoms with Gasteiger partial charge in [0.25, 0.3) is 11.8 Å². The molecule has 2 rings (SSSR count). The van der Waals surface area contributed by atoms with Gasteiger partial charge >= 0.3 is 0 Å². The van der Waals surface area contributed by atoms with Gasteiger partial charge in [0.2, 0.25) is 0 Å². The highest BCUT2D eigenvalue weighted by molar-refractivity contribution is 6.17. The smallest absolute Gasteiger partial charge is 0.277 e. The Labute approximate surface area is 127 Å². The standard InChI is InChI=1S/C15H18N2O5/c1-9(19)10-3-4-11(13(7-10)22-2)16-12-8-14(20)17(5-6-18)15(12)21/h3-4,7-9,16,18-19H,5-6H2,1-2H3. The van der Waals surface area contributed by atoms with Gasteiger partial charge in [0.05, 0.1) is 32.1 Å². The molecule has 0 radical (unpaired) electrons. The van der Waals surface area contributed by atoms with Crippen LogP contribution in [-0.4, -0.2) is 47.2 Å². The average molecular weight is 306 g/mol. The molecule has 1 aliphatic rings. The second-order valence-electron chi connectivity index (χ2n) is 4.84. The largest absolute Gasteiger partial charge is 0.495 e. The first kappa shape index (κ1) is 16.0. The van der Waals surface area contributed by atoms with Gasteiger partial charge in [-0.05, 0) is 24.6 Å². The van der Waals surface area contributed by atoms with Crippen LogP contribution in [0.4, 0.5) is 5.69 Å². The van der Waals surface area contributed by atoms with Gasteiger partial charge in [-0.3, -0.25) is 14.5 Å². The average Bonchev–Trinajstić information content (AvgIpc) is 2.75. The number of benzene rings is 1. The minimum atomic E-state index is -0.642. The highest BCUT2D eigenvalue weighted by Crippen LogP contribution is 2.30. The van der Waals surface area contributed by atoms with Crippen LogP contribution < -0.4 is 10.1 Å². The van der Waals surface area contributed by atoms with Crippen LogP contribution in [0.3, 0.4) is 0 Å². The molecule has 2 amide bonds. The Hall–Kier alpha value is -2.38. The number of aliphatic hydroxyl groups excluding tert-OH is 2. The van der Waals surface area contributed by atoms with E-state index in [2.05, 4.69) is 5.32 Å². The van der Waals surface area contributed by atoms with Crippen LogP contribution in [0.5, 0.6) is 5.75 Å². The van der Waals surface area contributed by atoms with Gasteiger partial charge in [-0.1, -0.05) is 6.07 Å². The maximum Gasteiger partial charge on any atom is 0.277 e. The monoisotopic (exact) mass is 306 g/mol. The number of imide groups is 1. The molecule has 7 heteroatoms. The fourth-order valence-corrected chi connectivity index (χ4v) is 2.13. The SMILES string of the molecule is COc1cc(C(C)O)ccc1NC1=CC(=O)N(CCO)C1=O. The van der Waals surface area contributed by atoms with Crippen LogP contribution in [0.1, 0.15) is 18.6 Å². The number of carbonyl (C=O) groups excluding carboxylic acids is 2. The van der Waals surface area contributed by atoms with Crippen molar-refractivity contribution in [2.75, 3.05) is 25.6 Å². The second kappa shape index (κ2) is 6.59. The molecule has 0 fully saturated rings. The molecule has 118 valence electrons. The molecule has 0 saturated heterocycles. The van der Waals surface area contributed by atoms with Crippen molar-refractivity contribution in [3.8, 4) is 5.75 Å². The van der Waals surface area contributed by atoms with E-state index in [9.17, 15) is 14.7 Å². The van der Waals surface area contributed by atoms with E-state index in [1.807, 2.05) is 0 Å². The lowest BCUT2D eigenvalue weighted by Crippen LogP contribution is -2.34. The van der Waals surface area contributed by atoms with Crippen LogP contribution >= 0.6 is 0 Å². The number of aliphatic hydroxyl groups is 2. The lowest BCUT2D eigenvalue weighted by Gasteiger charge is -2.16. The second-order valence-corrected chi connectivity index (χ2v) is 4.84. The molecule has 1 aliphatic heterocycles. The Kier molecular flexibility index (Phi) is 4.79. The van der Waals surface area contributed by atoms with Gasteiger partial charge in [0.15, 0.2) is 0 Å². The molecule has 1 atom stereocenters. The van der Waals surface area contributed by atoms with Crippen LogP contribution in [0, 0.1) is 0 Å². The van der Waals surface area contributed by atoms with Gasteiger partial charge in [0.1, 0.15) is 11.4 Å². The summed E-state index contributed by atoms with van der Waals surface area (Å²) in [5.41, 5.74) is 1.29. The Morgan fingerprint density at radius 1 is 1.36 bits per heavy atom. The molecule has 7 nitrogen and oxygen atoms in total. The van der Waals surface area contributed by atoms with Crippen LogP contribution in [0.15, 0.2) is 30.0 Å². The van der Waals surface area contributed by atoms with E-state index in [0.29, 0.717) is 17.0 Å². The van der Waals surface area contributed by atoms with Crippen molar-refractivity contribution in [2.24, 2.45) is 0 Å². The Bertz CT molecular complexity index is 624. The lowest BCUT2D eigenvalue weighted by molar-refractivity contribution is -0.137. The number of amides is 2. The van der Waals surface area contributed by atoms with Gasteiger partial charge in [-0.2, -0.15) is 0 Å². The summed E-state index contributed by atoms with van der Waals surface area (Å²) >= 11 is 0. The van der Waals surface area contributed by atoms with E-state index < -0.39 is 17.9 Å². The van der Waals surface area contributed by atoms with Gasteiger partial charge < -0.3 is 20.3 Å². The Balaban J connectivity index is 2.23. The van der Waals surface area contributed by atoms with E-state index in [0.717, 1.165) is 4.90 Å². The van der Waals surface area contributed by atoms with E-state index in [-0.39, 0.29) is 18.8 Å². The molecular formula is C15H18N2O5. The van der Waals surface area contributed by atoms with Gasteiger partial charge in [-0.25, -0.2) is 0 Å². The summed E-state index contributed by atoms with van der Waals surface area (Å²) in [6.07, 6.45) is 0.539. The zero-order valence-corrected chi connectivity index (χ0v) is 12.4. The lowest BCUT2D eigenvalue weighted by atomic mass is 10.1. The summed E-state index contributed by atoms with van der Waals surface area (Å²) in [4.78, 5) is 24.7. The molecule has 1 heterocycles. The molecule has 0 saturated carbocycles. The molecule has 1 aromatic rings. The zero-order valence-electron chi connectivity index (χ0n) is 12.4. The topological polar surface area (TPSA) is 99.1 Å². The molecule has 1 aromatic carbocycles. The normalized spacial score (nSPS) is 15.8. The Morgan fingerprint density at radius 2 is 2.09 bits per heavy atom. The zero-order chi connectivity index (χ0) is 16.3. The van der Waals surface area contributed by atoms with Crippen molar-refractivity contribution in [1.82, 2.24) is 4.90 Å². The summed E-state index contributed by atoms with van der Waals surface area (Å²) in [6.45, 7) is 1.30.